The van der Waals surface area contributed by atoms with Gasteiger partial charge in [-0.1, -0.05) is 96.2 Å². The van der Waals surface area contributed by atoms with Gasteiger partial charge in [0.2, 0.25) is 0 Å². The quantitative estimate of drug-likeness (QED) is 0.279. The van der Waals surface area contributed by atoms with Crippen molar-refractivity contribution in [1.82, 2.24) is 0 Å². The third-order valence-corrected chi connectivity index (χ3v) is 21.8. The molecule has 0 radical (unpaired) electrons. The maximum Gasteiger partial charge on any atom is 0.125 e. The van der Waals surface area contributed by atoms with Gasteiger partial charge < -0.3 is 9.64 Å². The van der Waals surface area contributed by atoms with E-state index in [1.807, 2.05) is 22.3 Å². The smallest absolute Gasteiger partial charge is 0.125 e. The average Bonchev–Trinajstić information content (AvgIpc) is 4.20. The summed E-state index contributed by atoms with van der Waals surface area (Å²) in [4.78, 5) is 3.00. The second-order valence-corrected chi connectivity index (χ2v) is 24.6. The zero-order valence-electron chi connectivity index (χ0n) is 41.7. The Kier molecular flexibility index (Phi) is 9.45. The van der Waals surface area contributed by atoms with Crippen molar-refractivity contribution in [1.29, 1.82) is 0 Å². The third kappa shape index (κ3) is 5.53. The minimum Gasteiger partial charge on any atom is -0.490 e. The monoisotopic (exact) mass is 920 g/mol. The van der Waals surface area contributed by atoms with Crippen LogP contribution in [0.15, 0.2) is 182 Å². The van der Waals surface area contributed by atoms with Gasteiger partial charge in [0.1, 0.15) is 6.10 Å². The molecule has 0 saturated heterocycles. The number of hydrogen-bond donors (Lipinski definition) is 0. The maximum absolute atomic E-state index is 7.04. The highest BCUT2D eigenvalue weighted by molar-refractivity contribution is 5.75. The molecule has 356 valence electrons. The van der Waals surface area contributed by atoms with Crippen molar-refractivity contribution in [3.63, 3.8) is 0 Å². The van der Waals surface area contributed by atoms with Gasteiger partial charge in [0.15, 0.2) is 0 Å². The fraction of sp³-hybridized carbons (Fsp3) is 0.500. The summed E-state index contributed by atoms with van der Waals surface area (Å²) in [5.41, 5.74) is 25.7. The number of benzene rings is 1. The molecular formula is C68H73NO. The topological polar surface area (TPSA) is 12.5 Å². The zero-order chi connectivity index (χ0) is 45.7. The van der Waals surface area contributed by atoms with Crippen molar-refractivity contribution in [2.45, 2.75) is 171 Å². The van der Waals surface area contributed by atoms with Gasteiger partial charge in [-0.3, -0.25) is 0 Å². The Bertz CT molecular complexity index is 2930. The molecular weight excluding hydrogens is 847 g/mol. The summed E-state index contributed by atoms with van der Waals surface area (Å²) in [6, 6.07) is 8.52. The van der Waals surface area contributed by atoms with E-state index in [2.05, 4.69) is 114 Å². The van der Waals surface area contributed by atoms with Crippen LogP contribution in [0.1, 0.15) is 165 Å². The van der Waals surface area contributed by atoms with Crippen LogP contribution in [0.2, 0.25) is 0 Å². The van der Waals surface area contributed by atoms with E-state index in [4.69, 9.17) is 4.74 Å². The van der Waals surface area contributed by atoms with Crippen LogP contribution in [0.25, 0.3) is 0 Å². The summed E-state index contributed by atoms with van der Waals surface area (Å²) in [6.45, 7) is 0. The number of allylic oxidation sites excluding steroid dienone is 25. The fourth-order valence-electron chi connectivity index (χ4n) is 19.4. The molecule has 1 fully saturated rings. The van der Waals surface area contributed by atoms with Gasteiger partial charge >= 0.3 is 0 Å². The molecule has 0 bridgehead atoms. The predicted molar refractivity (Wildman–Crippen MR) is 286 cm³/mol. The summed E-state index contributed by atoms with van der Waals surface area (Å²) < 4.78 is 7.04. The standard InChI is InChI=1S/C68H73NO/c1-2-17-42(18-3-1)43-33-36-51-52-37-34-45(41-62(52)68(61(51)39-43)57-27-12-6-21-48(57)49-22-7-13-28-58(49)68)69(63-30-16-32-65-66(63)53-24-9-15-31-64(53)70-65)44-35-38-60-54(40-44)50-23-8-14-29-59(50)67(60)55-25-10-4-19-46(55)47-20-5-11-26-56(47)67/h2,6,12,14,16-17,21-22,27-29,32,34-35,37-39,41-42,48,51,54,57,61,63,65-66H,1,3-5,7-11,13,15,18-20,23-26,30-31,33,36,40H2. The van der Waals surface area contributed by atoms with Gasteiger partial charge in [-0.25, -0.2) is 0 Å². The van der Waals surface area contributed by atoms with Crippen LogP contribution in [0, 0.1) is 40.9 Å². The Hall–Kier alpha value is -4.82. The highest BCUT2D eigenvalue weighted by Gasteiger charge is 2.64. The molecule has 1 aliphatic heterocycles. The molecule has 14 aliphatic carbocycles. The normalized spacial score (nSPS) is 37.6. The van der Waals surface area contributed by atoms with E-state index < -0.39 is 0 Å². The molecule has 1 aromatic rings. The van der Waals surface area contributed by atoms with Crippen LogP contribution in [0.3, 0.4) is 0 Å². The molecule has 10 unspecified atom stereocenters. The van der Waals surface area contributed by atoms with Gasteiger partial charge in [-0.2, -0.15) is 0 Å². The lowest BCUT2D eigenvalue weighted by Crippen LogP contribution is -2.46. The second-order valence-electron chi connectivity index (χ2n) is 24.6. The number of anilines is 1. The zero-order valence-corrected chi connectivity index (χ0v) is 41.7. The number of nitrogens with zero attached hydrogens (tertiary/aromatic N) is 1. The van der Waals surface area contributed by atoms with Crippen LogP contribution < -0.4 is 4.90 Å². The Morgan fingerprint density at radius 1 is 0.671 bits per heavy atom. The molecule has 10 atom stereocenters. The lowest BCUT2D eigenvalue weighted by atomic mass is 9.59. The summed E-state index contributed by atoms with van der Waals surface area (Å²) in [5.74, 6) is 4.75. The van der Waals surface area contributed by atoms with Crippen LogP contribution >= 0.6 is 0 Å². The highest BCUT2D eigenvalue weighted by atomic mass is 16.5. The molecule has 0 amide bonds. The lowest BCUT2D eigenvalue weighted by molar-refractivity contribution is 0.131. The Balaban J connectivity index is 0.898. The SMILES string of the molecule is C1=CC2C3=CCCC=C3C3(c4cc(N(C5=CC=C6C(C5)C5=C(C=CCC5)C65C6=C(CCCC6)C6=C5CCCC6)C5CC=CC6OC7=C(CCCC7)C65)ccc4C4CCC(C5C=CCCC5)=CC43)C2C=C1. The molecule has 1 heterocycles. The lowest BCUT2D eigenvalue weighted by Gasteiger charge is -2.45. The first-order chi connectivity index (χ1) is 34.7. The largest absolute Gasteiger partial charge is 0.490 e. The molecule has 15 aliphatic rings. The van der Waals surface area contributed by atoms with Crippen molar-refractivity contribution in [3.05, 3.63) is 193 Å². The van der Waals surface area contributed by atoms with Crippen LogP contribution in [0.4, 0.5) is 5.69 Å². The van der Waals surface area contributed by atoms with Gasteiger partial charge in [-0.15, -0.1) is 0 Å². The van der Waals surface area contributed by atoms with E-state index >= 15 is 0 Å². The van der Waals surface area contributed by atoms with E-state index in [0.717, 1.165) is 25.7 Å². The van der Waals surface area contributed by atoms with Crippen molar-refractivity contribution in [3.8, 4) is 0 Å². The highest BCUT2D eigenvalue weighted by Crippen LogP contribution is 2.72. The predicted octanol–water partition coefficient (Wildman–Crippen LogP) is 16.9. The molecule has 70 heavy (non-hydrogen) atoms. The number of ether oxygens (including phenoxy) is 1. The van der Waals surface area contributed by atoms with E-state index in [0.29, 0.717) is 47.5 Å². The van der Waals surface area contributed by atoms with Crippen molar-refractivity contribution < 1.29 is 4.74 Å². The molecule has 2 spiro atoms. The van der Waals surface area contributed by atoms with Crippen LogP contribution in [0.5, 0.6) is 0 Å². The summed E-state index contributed by atoms with van der Waals surface area (Å²) in [5, 5.41) is 0. The van der Waals surface area contributed by atoms with Crippen LogP contribution in [-0.4, -0.2) is 12.1 Å². The molecule has 1 saturated carbocycles. The first-order valence-electron chi connectivity index (χ1n) is 29.1. The number of fused-ring (bicyclic) bond motifs is 19. The summed E-state index contributed by atoms with van der Waals surface area (Å²) in [7, 11) is 0. The maximum atomic E-state index is 7.04. The van der Waals surface area contributed by atoms with Crippen LogP contribution in [-0.2, 0) is 10.2 Å². The molecule has 1 aromatic carbocycles. The van der Waals surface area contributed by atoms with E-state index in [-0.39, 0.29) is 16.9 Å². The van der Waals surface area contributed by atoms with E-state index in [9.17, 15) is 0 Å². The first-order valence-corrected chi connectivity index (χ1v) is 29.1. The van der Waals surface area contributed by atoms with Gasteiger partial charge in [0, 0.05) is 52.9 Å². The van der Waals surface area contributed by atoms with Crippen molar-refractivity contribution in [2.24, 2.45) is 40.9 Å². The first kappa shape index (κ1) is 41.8. The van der Waals surface area contributed by atoms with Gasteiger partial charge in [0.05, 0.1) is 11.2 Å². The Morgan fingerprint density at radius 3 is 2.40 bits per heavy atom. The number of hydrogen-bond acceptors (Lipinski definition) is 2. The average molecular weight is 920 g/mol. The molecule has 2 heteroatoms. The molecule has 16 rings (SSSR count). The fourth-order valence-corrected chi connectivity index (χ4v) is 19.4. The minimum absolute atomic E-state index is 0.0328. The molecule has 2 nitrogen and oxygen atoms in total. The molecule has 0 aromatic heterocycles. The molecule has 0 N–H and O–H groups in total. The summed E-state index contributed by atoms with van der Waals surface area (Å²) >= 11 is 0. The second kappa shape index (κ2) is 15.8. The number of rotatable bonds is 4. The summed E-state index contributed by atoms with van der Waals surface area (Å²) in [6.07, 6.45) is 68.2. The van der Waals surface area contributed by atoms with E-state index in [1.54, 1.807) is 55.8 Å². The van der Waals surface area contributed by atoms with E-state index in [1.165, 1.54) is 133 Å². The Morgan fingerprint density at radius 2 is 1.51 bits per heavy atom. The Labute approximate surface area is 418 Å². The third-order valence-electron chi connectivity index (χ3n) is 21.8. The van der Waals surface area contributed by atoms with Crippen molar-refractivity contribution in [2.75, 3.05) is 4.90 Å². The van der Waals surface area contributed by atoms with Crippen molar-refractivity contribution >= 4 is 5.69 Å². The van der Waals surface area contributed by atoms with Gasteiger partial charge in [-0.05, 0) is 245 Å². The minimum atomic E-state index is -0.0617. The van der Waals surface area contributed by atoms with Gasteiger partial charge in [0.25, 0.3) is 0 Å².